The number of hydrogen-bond donors (Lipinski definition) is 1. The molecule has 0 saturated carbocycles. The number of esters is 1. The topological polar surface area (TPSA) is 81.9 Å². The lowest BCUT2D eigenvalue weighted by Crippen LogP contribution is -2.31. The first-order valence-corrected chi connectivity index (χ1v) is 11.2. The summed E-state index contributed by atoms with van der Waals surface area (Å²) in [5.41, 5.74) is 2.83. The van der Waals surface area contributed by atoms with E-state index in [4.69, 9.17) is 16.3 Å². The van der Waals surface area contributed by atoms with Gasteiger partial charge in [0.2, 0.25) is 11.1 Å². The second-order valence-electron chi connectivity index (χ2n) is 7.32. The van der Waals surface area contributed by atoms with Crippen molar-refractivity contribution in [2.45, 2.75) is 43.8 Å². The standard InChI is InChI=1S/C22H22ClN5O2S/c1-13(2)30-20(29)18-14(3)25-21-26-22(31-12-15-8-4-5-9-16(15)23)27-28(21)19(18)17-10-6-7-11-24-17/h4-11,13,19H,12H2,1-3H3,(H,25,26,27). The van der Waals surface area contributed by atoms with Crippen molar-refractivity contribution < 1.29 is 9.53 Å². The minimum absolute atomic E-state index is 0.240. The Kier molecular flexibility index (Phi) is 6.29. The molecule has 9 heteroatoms. The molecular formula is C22H22ClN5O2S. The predicted octanol–water partition coefficient (Wildman–Crippen LogP) is 4.86. The lowest BCUT2D eigenvalue weighted by atomic mass is 10.00. The molecule has 1 aliphatic rings. The first-order chi connectivity index (χ1) is 14.9. The smallest absolute Gasteiger partial charge is 0.338 e. The van der Waals surface area contributed by atoms with Crippen LogP contribution in [0.25, 0.3) is 0 Å². The molecule has 1 N–H and O–H groups in total. The number of nitrogens with zero attached hydrogens (tertiary/aromatic N) is 4. The average Bonchev–Trinajstić information content (AvgIpc) is 3.14. The molecule has 7 nitrogen and oxygen atoms in total. The largest absolute Gasteiger partial charge is 0.459 e. The number of halogens is 1. The van der Waals surface area contributed by atoms with E-state index in [0.717, 1.165) is 5.56 Å². The van der Waals surface area contributed by atoms with Crippen LogP contribution < -0.4 is 5.32 Å². The molecule has 2 aromatic heterocycles. The number of allylic oxidation sites excluding steroid dienone is 1. The Bertz CT molecular complexity index is 1130. The lowest BCUT2D eigenvalue weighted by Gasteiger charge is -2.27. The van der Waals surface area contributed by atoms with Crippen molar-refractivity contribution in [2.75, 3.05) is 5.32 Å². The molecule has 0 fully saturated rings. The van der Waals surface area contributed by atoms with Crippen LogP contribution in [0.2, 0.25) is 5.02 Å². The minimum atomic E-state index is -0.536. The maximum absolute atomic E-state index is 12.9. The maximum atomic E-state index is 12.9. The van der Waals surface area contributed by atoms with E-state index in [1.807, 2.05) is 63.2 Å². The fourth-order valence-corrected chi connectivity index (χ4v) is 4.42. The van der Waals surface area contributed by atoms with Gasteiger partial charge < -0.3 is 10.1 Å². The Labute approximate surface area is 189 Å². The third kappa shape index (κ3) is 4.60. The number of rotatable bonds is 6. The minimum Gasteiger partial charge on any atom is -0.459 e. The fraction of sp³-hybridized carbons (Fsp3) is 0.273. The number of thioether (sulfide) groups is 1. The van der Waals surface area contributed by atoms with Gasteiger partial charge in [-0.15, -0.1) is 5.10 Å². The van der Waals surface area contributed by atoms with Crippen molar-refractivity contribution in [3.63, 3.8) is 0 Å². The second-order valence-corrected chi connectivity index (χ2v) is 8.67. The lowest BCUT2D eigenvalue weighted by molar-refractivity contribution is -0.143. The van der Waals surface area contributed by atoms with Gasteiger partial charge in [-0.3, -0.25) is 4.98 Å². The number of fused-ring (bicyclic) bond motifs is 1. The number of ether oxygens (including phenoxy) is 1. The van der Waals surface area contributed by atoms with Crippen LogP contribution in [0.3, 0.4) is 0 Å². The summed E-state index contributed by atoms with van der Waals surface area (Å²) >= 11 is 7.75. The Morgan fingerprint density at radius 1 is 1.26 bits per heavy atom. The molecule has 0 bridgehead atoms. The van der Waals surface area contributed by atoms with E-state index in [1.165, 1.54) is 11.8 Å². The summed E-state index contributed by atoms with van der Waals surface area (Å²) in [7, 11) is 0. The molecule has 0 aliphatic carbocycles. The molecule has 1 unspecified atom stereocenters. The third-order valence-corrected chi connectivity index (χ3v) is 5.93. The summed E-state index contributed by atoms with van der Waals surface area (Å²) in [4.78, 5) is 22.0. The monoisotopic (exact) mass is 455 g/mol. The van der Waals surface area contributed by atoms with E-state index in [-0.39, 0.29) is 6.10 Å². The first kappa shape index (κ1) is 21.4. The molecule has 3 aromatic rings. The highest BCUT2D eigenvalue weighted by Crippen LogP contribution is 2.36. The van der Waals surface area contributed by atoms with E-state index >= 15 is 0 Å². The highest BCUT2D eigenvalue weighted by molar-refractivity contribution is 7.98. The van der Waals surface area contributed by atoms with Crippen molar-refractivity contribution >= 4 is 35.3 Å². The Hall–Kier alpha value is -2.84. The molecule has 0 radical (unpaired) electrons. The van der Waals surface area contributed by atoms with Crippen LogP contribution in [-0.4, -0.2) is 31.8 Å². The number of pyridine rings is 1. The van der Waals surface area contributed by atoms with E-state index < -0.39 is 12.0 Å². The normalized spacial score (nSPS) is 15.6. The molecule has 160 valence electrons. The highest BCUT2D eigenvalue weighted by Gasteiger charge is 2.36. The highest BCUT2D eigenvalue weighted by atomic mass is 35.5. The summed E-state index contributed by atoms with van der Waals surface area (Å²) in [5, 5.41) is 9.16. The van der Waals surface area contributed by atoms with Gasteiger partial charge in [-0.1, -0.05) is 47.6 Å². The molecule has 4 rings (SSSR count). The Morgan fingerprint density at radius 2 is 2.03 bits per heavy atom. The third-order valence-electron chi connectivity index (χ3n) is 4.68. The van der Waals surface area contributed by atoms with E-state index in [9.17, 15) is 4.79 Å². The van der Waals surface area contributed by atoms with Crippen molar-refractivity contribution in [1.82, 2.24) is 19.7 Å². The van der Waals surface area contributed by atoms with Crippen molar-refractivity contribution in [3.05, 3.63) is 76.2 Å². The van der Waals surface area contributed by atoms with Crippen LogP contribution in [0.5, 0.6) is 0 Å². The summed E-state index contributed by atoms with van der Waals surface area (Å²) in [6, 6.07) is 12.7. The summed E-state index contributed by atoms with van der Waals surface area (Å²) in [6.45, 7) is 5.48. The maximum Gasteiger partial charge on any atom is 0.338 e. The van der Waals surface area contributed by atoms with Gasteiger partial charge in [0.15, 0.2) is 0 Å². The number of hydrogen-bond acceptors (Lipinski definition) is 7. The molecule has 3 heterocycles. The van der Waals surface area contributed by atoms with Crippen LogP contribution in [0.15, 0.2) is 65.1 Å². The molecule has 1 aliphatic heterocycles. The molecule has 0 amide bonds. The number of benzene rings is 1. The Balaban J connectivity index is 1.68. The average molecular weight is 456 g/mol. The molecule has 0 spiro atoms. The van der Waals surface area contributed by atoms with Crippen molar-refractivity contribution in [1.29, 1.82) is 0 Å². The van der Waals surface area contributed by atoms with Crippen LogP contribution >= 0.6 is 23.4 Å². The first-order valence-electron chi connectivity index (χ1n) is 9.86. The van der Waals surface area contributed by atoms with Crippen LogP contribution in [0, 0.1) is 0 Å². The van der Waals surface area contributed by atoms with Gasteiger partial charge in [0.25, 0.3) is 0 Å². The van der Waals surface area contributed by atoms with Gasteiger partial charge in [0.1, 0.15) is 6.04 Å². The SMILES string of the molecule is CC1=C(C(=O)OC(C)C)C(c2ccccn2)n2nc(SCc3ccccc3Cl)nc2N1. The van der Waals surface area contributed by atoms with Gasteiger partial charge >= 0.3 is 5.97 Å². The van der Waals surface area contributed by atoms with Crippen molar-refractivity contribution in [3.8, 4) is 0 Å². The number of carbonyl (C=O) groups is 1. The molecule has 1 atom stereocenters. The van der Waals surface area contributed by atoms with Crippen LogP contribution in [0.1, 0.15) is 38.1 Å². The molecular weight excluding hydrogens is 434 g/mol. The molecule has 31 heavy (non-hydrogen) atoms. The van der Waals surface area contributed by atoms with Crippen LogP contribution in [-0.2, 0) is 15.3 Å². The number of carbonyl (C=O) groups excluding carboxylic acids is 1. The van der Waals surface area contributed by atoms with Gasteiger partial charge in [-0.05, 0) is 44.5 Å². The summed E-state index contributed by atoms with van der Waals surface area (Å²) in [5.74, 6) is 0.782. The zero-order valence-electron chi connectivity index (χ0n) is 17.4. The summed E-state index contributed by atoms with van der Waals surface area (Å²) < 4.78 is 7.20. The number of aromatic nitrogens is 4. The zero-order chi connectivity index (χ0) is 22.0. The quantitative estimate of drug-likeness (QED) is 0.419. The number of nitrogens with one attached hydrogen (secondary N) is 1. The van der Waals surface area contributed by atoms with E-state index in [0.29, 0.717) is 38.8 Å². The van der Waals surface area contributed by atoms with E-state index in [1.54, 1.807) is 10.9 Å². The van der Waals surface area contributed by atoms with E-state index in [2.05, 4.69) is 20.4 Å². The molecule has 0 saturated heterocycles. The Morgan fingerprint density at radius 3 is 2.74 bits per heavy atom. The summed E-state index contributed by atoms with van der Waals surface area (Å²) in [6.07, 6.45) is 1.46. The van der Waals surface area contributed by atoms with Crippen molar-refractivity contribution in [2.24, 2.45) is 0 Å². The van der Waals surface area contributed by atoms with Gasteiger partial charge in [0.05, 0.1) is 17.4 Å². The fourth-order valence-electron chi connectivity index (χ4n) is 3.30. The number of anilines is 1. The molecule has 1 aromatic carbocycles. The van der Waals surface area contributed by atoms with Gasteiger partial charge in [-0.2, -0.15) is 4.98 Å². The van der Waals surface area contributed by atoms with Gasteiger partial charge in [0, 0.05) is 22.7 Å². The van der Waals surface area contributed by atoms with Gasteiger partial charge in [-0.25, -0.2) is 9.48 Å². The second kappa shape index (κ2) is 9.11. The predicted molar refractivity (Wildman–Crippen MR) is 121 cm³/mol. The van der Waals surface area contributed by atoms with Crippen LogP contribution in [0.4, 0.5) is 5.95 Å². The zero-order valence-corrected chi connectivity index (χ0v) is 18.9.